The molecule has 7 heteroatoms. The Kier molecular flexibility index (Phi) is 9.04. The molecule has 2 N–H and O–H groups in total. The summed E-state index contributed by atoms with van der Waals surface area (Å²) in [6.07, 6.45) is 0.786. The van der Waals surface area contributed by atoms with Crippen LogP contribution in [0.1, 0.15) is 12.0 Å². The molecule has 0 amide bonds. The van der Waals surface area contributed by atoms with E-state index in [4.69, 9.17) is 18.9 Å². The molecule has 1 aromatic rings. The zero-order valence-electron chi connectivity index (χ0n) is 12.6. The first-order valence-electron chi connectivity index (χ1n) is 6.86. The van der Waals surface area contributed by atoms with Crippen LogP contribution < -0.4 is 10.2 Å². The van der Waals surface area contributed by atoms with Crippen LogP contribution in [0.2, 0.25) is 0 Å². The molecule has 0 heterocycles. The Balaban J connectivity index is 2.32. The number of hydrogen-bond acceptors (Lipinski definition) is 6. The third-order valence-corrected chi connectivity index (χ3v) is 2.87. The molecule has 118 valence electrons. The van der Waals surface area contributed by atoms with E-state index in [1.807, 2.05) is 0 Å². The fourth-order valence-electron chi connectivity index (χ4n) is 1.76. The highest BCUT2D eigenvalue weighted by Gasteiger charge is 2.13. The Morgan fingerprint density at radius 3 is 2.43 bits per heavy atom. The van der Waals surface area contributed by atoms with E-state index in [9.17, 15) is 10.0 Å². The number of benzene rings is 1. The van der Waals surface area contributed by atoms with Crippen LogP contribution in [-0.2, 0) is 20.8 Å². The first kappa shape index (κ1) is 17.9. The zero-order chi connectivity index (χ0) is 15.5. The van der Waals surface area contributed by atoms with Crippen LogP contribution in [0.15, 0.2) is 18.2 Å². The van der Waals surface area contributed by atoms with E-state index < -0.39 is 7.12 Å². The average molecular weight is 298 g/mol. The molecule has 1 rings (SSSR count). The smallest absolute Gasteiger partial charge is 0.488 e. The van der Waals surface area contributed by atoms with Crippen LogP contribution in [-0.4, -0.2) is 57.8 Å². The van der Waals surface area contributed by atoms with Gasteiger partial charge in [0.25, 0.3) is 0 Å². The highest BCUT2D eigenvalue weighted by atomic mass is 16.5. The van der Waals surface area contributed by atoms with Gasteiger partial charge < -0.3 is 29.0 Å². The second kappa shape index (κ2) is 10.6. The Morgan fingerprint density at radius 2 is 1.76 bits per heavy atom. The number of hydrogen-bond donors (Lipinski definition) is 2. The molecule has 0 aliphatic rings. The molecule has 0 aromatic heterocycles. The summed E-state index contributed by atoms with van der Waals surface area (Å²) in [5, 5.41) is 18.3. The Bertz CT molecular complexity index is 399. The molecular formula is C14H23BO6. The molecule has 0 atom stereocenters. The highest BCUT2D eigenvalue weighted by molar-refractivity contribution is 6.58. The zero-order valence-corrected chi connectivity index (χ0v) is 12.6. The first-order valence-corrected chi connectivity index (χ1v) is 6.86. The molecule has 0 unspecified atom stereocenters. The van der Waals surface area contributed by atoms with Crippen molar-refractivity contribution in [3.05, 3.63) is 23.8 Å². The quantitative estimate of drug-likeness (QED) is 0.440. The van der Waals surface area contributed by atoms with Crippen molar-refractivity contribution in [1.29, 1.82) is 0 Å². The van der Waals surface area contributed by atoms with Gasteiger partial charge >= 0.3 is 7.12 Å². The van der Waals surface area contributed by atoms with Crippen molar-refractivity contribution in [2.24, 2.45) is 0 Å². The van der Waals surface area contributed by atoms with E-state index in [1.54, 1.807) is 32.4 Å². The summed E-state index contributed by atoms with van der Waals surface area (Å²) in [5.74, 6) is 0.663. The molecule has 0 aliphatic heterocycles. The van der Waals surface area contributed by atoms with Gasteiger partial charge in [-0.25, -0.2) is 0 Å². The second-order valence-corrected chi connectivity index (χ2v) is 4.46. The monoisotopic (exact) mass is 298 g/mol. The molecule has 0 fully saturated rings. The standard InChI is InChI=1S/C14H23BO6/c1-18-8-9-20-6-3-7-21-11-12-10-13(15(16)17)4-5-14(12)19-2/h4-5,10,16-17H,3,6-9,11H2,1-2H3. The van der Waals surface area contributed by atoms with Gasteiger partial charge in [0.1, 0.15) is 5.75 Å². The van der Waals surface area contributed by atoms with Gasteiger partial charge in [-0.2, -0.15) is 0 Å². The molecule has 1 aromatic carbocycles. The number of ether oxygens (including phenoxy) is 4. The van der Waals surface area contributed by atoms with Crippen LogP contribution in [0, 0.1) is 0 Å². The van der Waals surface area contributed by atoms with Gasteiger partial charge in [-0.15, -0.1) is 0 Å². The maximum absolute atomic E-state index is 9.17. The lowest BCUT2D eigenvalue weighted by Crippen LogP contribution is -2.30. The Labute approximate surface area is 125 Å². The van der Waals surface area contributed by atoms with E-state index in [0.29, 0.717) is 44.2 Å². The summed E-state index contributed by atoms with van der Waals surface area (Å²) in [7, 11) is 1.71. The van der Waals surface area contributed by atoms with Crippen molar-refractivity contribution in [3.8, 4) is 5.75 Å². The summed E-state index contributed by atoms with van der Waals surface area (Å²) in [6, 6.07) is 4.97. The van der Waals surface area contributed by atoms with Gasteiger partial charge in [-0.05, 0) is 17.9 Å². The number of rotatable bonds is 11. The molecule has 0 radical (unpaired) electrons. The van der Waals surface area contributed by atoms with Gasteiger partial charge in [-0.3, -0.25) is 0 Å². The van der Waals surface area contributed by atoms with Gasteiger partial charge in [-0.1, -0.05) is 12.1 Å². The topological polar surface area (TPSA) is 77.4 Å². The van der Waals surface area contributed by atoms with Crippen LogP contribution in [0.3, 0.4) is 0 Å². The summed E-state index contributed by atoms with van der Waals surface area (Å²) < 4.78 is 21.0. The van der Waals surface area contributed by atoms with Crippen molar-refractivity contribution < 1.29 is 29.0 Å². The molecule has 0 bridgehead atoms. The van der Waals surface area contributed by atoms with E-state index in [1.165, 1.54) is 0 Å². The van der Waals surface area contributed by atoms with Gasteiger partial charge in [0.2, 0.25) is 0 Å². The van der Waals surface area contributed by atoms with Crippen LogP contribution in [0.4, 0.5) is 0 Å². The van der Waals surface area contributed by atoms with Crippen molar-refractivity contribution in [2.75, 3.05) is 40.6 Å². The van der Waals surface area contributed by atoms with Gasteiger partial charge in [0.05, 0.1) is 26.9 Å². The van der Waals surface area contributed by atoms with Crippen LogP contribution in [0.25, 0.3) is 0 Å². The fraction of sp³-hybridized carbons (Fsp3) is 0.571. The molecule has 6 nitrogen and oxygen atoms in total. The fourth-order valence-corrected chi connectivity index (χ4v) is 1.76. The lowest BCUT2D eigenvalue weighted by molar-refractivity contribution is 0.0480. The van der Waals surface area contributed by atoms with E-state index in [0.717, 1.165) is 12.0 Å². The maximum Gasteiger partial charge on any atom is 0.488 e. The average Bonchev–Trinajstić information content (AvgIpc) is 2.49. The molecular weight excluding hydrogens is 275 g/mol. The van der Waals surface area contributed by atoms with Crippen molar-refractivity contribution in [1.82, 2.24) is 0 Å². The minimum absolute atomic E-state index is 0.349. The van der Waals surface area contributed by atoms with Crippen molar-refractivity contribution in [3.63, 3.8) is 0 Å². The van der Waals surface area contributed by atoms with E-state index >= 15 is 0 Å². The minimum atomic E-state index is -1.50. The highest BCUT2D eigenvalue weighted by Crippen LogP contribution is 2.17. The molecule has 0 aliphatic carbocycles. The second-order valence-electron chi connectivity index (χ2n) is 4.46. The Morgan fingerprint density at radius 1 is 1.00 bits per heavy atom. The summed E-state index contributed by atoms with van der Waals surface area (Å²) in [4.78, 5) is 0. The lowest BCUT2D eigenvalue weighted by atomic mass is 9.79. The third-order valence-electron chi connectivity index (χ3n) is 2.87. The molecule has 0 spiro atoms. The van der Waals surface area contributed by atoms with Crippen molar-refractivity contribution >= 4 is 12.6 Å². The SMILES string of the molecule is COCCOCCCOCc1cc(B(O)O)ccc1OC. The summed E-state index contributed by atoms with van der Waals surface area (Å²) in [6.45, 7) is 2.70. The first-order chi connectivity index (χ1) is 10.2. The predicted octanol–water partition coefficient (Wildman–Crippen LogP) is -0.0553. The van der Waals surface area contributed by atoms with Gasteiger partial charge in [0.15, 0.2) is 0 Å². The minimum Gasteiger partial charge on any atom is -0.496 e. The molecule has 0 saturated carbocycles. The summed E-state index contributed by atoms with van der Waals surface area (Å²) in [5.41, 5.74) is 1.20. The van der Waals surface area contributed by atoms with E-state index in [2.05, 4.69) is 0 Å². The summed E-state index contributed by atoms with van der Waals surface area (Å²) >= 11 is 0. The lowest BCUT2D eigenvalue weighted by Gasteiger charge is -2.11. The third kappa shape index (κ3) is 6.92. The van der Waals surface area contributed by atoms with E-state index in [-0.39, 0.29) is 0 Å². The molecule has 0 saturated heterocycles. The normalized spacial score (nSPS) is 10.7. The maximum atomic E-state index is 9.17. The largest absolute Gasteiger partial charge is 0.496 e. The number of methoxy groups -OCH3 is 2. The Hall–Kier alpha value is -1.12. The van der Waals surface area contributed by atoms with Gasteiger partial charge in [0, 0.05) is 25.9 Å². The van der Waals surface area contributed by atoms with Crippen LogP contribution in [0.5, 0.6) is 5.75 Å². The van der Waals surface area contributed by atoms with Crippen LogP contribution >= 0.6 is 0 Å². The van der Waals surface area contributed by atoms with Crippen molar-refractivity contribution in [2.45, 2.75) is 13.0 Å². The molecule has 21 heavy (non-hydrogen) atoms. The predicted molar refractivity (Wildman–Crippen MR) is 79.8 cm³/mol.